The fourth-order valence-corrected chi connectivity index (χ4v) is 1.84. The highest BCUT2D eigenvalue weighted by Gasteiger charge is 2.13. The van der Waals surface area contributed by atoms with Crippen LogP contribution in [0, 0.1) is 11.3 Å². The quantitative estimate of drug-likeness (QED) is 0.905. The summed E-state index contributed by atoms with van der Waals surface area (Å²) in [6.45, 7) is 0. The molecule has 1 heterocycles. The molecule has 0 radical (unpaired) electrons. The molecule has 0 saturated heterocycles. The van der Waals surface area contributed by atoms with Gasteiger partial charge < -0.3 is 9.63 Å². The number of aromatic nitrogens is 2. The van der Waals surface area contributed by atoms with Crippen molar-refractivity contribution < 1.29 is 9.63 Å². The smallest absolute Gasteiger partial charge is 0.229 e. The summed E-state index contributed by atoms with van der Waals surface area (Å²) in [4.78, 5) is 4.16. The average Bonchev–Trinajstić information content (AvgIpc) is 2.80. The third-order valence-corrected chi connectivity index (χ3v) is 2.92. The minimum atomic E-state index is -0.779. The Morgan fingerprint density at radius 1 is 1.42 bits per heavy atom. The van der Waals surface area contributed by atoms with Gasteiger partial charge in [0.25, 0.3) is 0 Å². The van der Waals surface area contributed by atoms with Crippen molar-refractivity contribution in [3.63, 3.8) is 0 Å². The molecule has 0 aliphatic heterocycles. The van der Waals surface area contributed by atoms with E-state index in [0.717, 1.165) is 5.56 Å². The van der Waals surface area contributed by atoms with Crippen LogP contribution in [0.4, 0.5) is 0 Å². The number of hydrogen-bond donors (Lipinski definition) is 1. The molecule has 1 aromatic heterocycles. The molecule has 1 N–H and O–H groups in total. The Balaban J connectivity index is 2.02. The first-order valence-corrected chi connectivity index (χ1v) is 6.16. The zero-order chi connectivity index (χ0) is 13.7. The molecule has 1 aromatic carbocycles. The fraction of sp³-hybridized carbons (Fsp3) is 0.308. The van der Waals surface area contributed by atoms with Crippen LogP contribution in [0.1, 0.15) is 23.7 Å². The van der Waals surface area contributed by atoms with Gasteiger partial charge in [0.05, 0.1) is 25.0 Å². The Morgan fingerprint density at radius 3 is 2.95 bits per heavy atom. The summed E-state index contributed by atoms with van der Waals surface area (Å²) in [5.41, 5.74) is 0.911. The molecule has 5 nitrogen and oxygen atoms in total. The number of halogens is 1. The molecule has 0 aliphatic rings. The molecule has 6 heteroatoms. The first-order valence-electron chi connectivity index (χ1n) is 5.79. The maximum absolute atomic E-state index is 9.47. The van der Waals surface area contributed by atoms with Crippen molar-refractivity contribution in [3.8, 4) is 6.07 Å². The minimum Gasteiger partial charge on any atom is -0.392 e. The maximum Gasteiger partial charge on any atom is 0.229 e. The first-order chi connectivity index (χ1) is 9.19. The van der Waals surface area contributed by atoms with Crippen LogP contribution in [0.5, 0.6) is 0 Å². The molecule has 1 unspecified atom stereocenters. The van der Waals surface area contributed by atoms with E-state index in [-0.39, 0.29) is 12.8 Å². The van der Waals surface area contributed by atoms with Crippen LogP contribution in [0.25, 0.3) is 0 Å². The zero-order valence-electron chi connectivity index (χ0n) is 10.1. The maximum atomic E-state index is 9.47. The fourth-order valence-electron chi connectivity index (χ4n) is 1.64. The molecule has 98 valence electrons. The van der Waals surface area contributed by atoms with Crippen LogP contribution in [-0.2, 0) is 12.8 Å². The van der Waals surface area contributed by atoms with E-state index < -0.39 is 6.10 Å². The second kappa shape index (κ2) is 6.32. The van der Waals surface area contributed by atoms with E-state index in [4.69, 9.17) is 21.4 Å². The van der Waals surface area contributed by atoms with Gasteiger partial charge in [-0.15, -0.1) is 0 Å². The van der Waals surface area contributed by atoms with E-state index in [1.54, 1.807) is 6.07 Å². The van der Waals surface area contributed by atoms with E-state index in [9.17, 15) is 5.11 Å². The van der Waals surface area contributed by atoms with Crippen LogP contribution in [0.2, 0.25) is 5.02 Å². The molecule has 0 aliphatic carbocycles. The number of aliphatic hydroxyl groups excluding tert-OH is 1. The largest absolute Gasteiger partial charge is 0.392 e. The third-order valence-electron chi connectivity index (χ3n) is 2.55. The molecule has 2 aromatic rings. The topological polar surface area (TPSA) is 82.9 Å². The van der Waals surface area contributed by atoms with Gasteiger partial charge >= 0.3 is 0 Å². The van der Waals surface area contributed by atoms with Crippen molar-refractivity contribution in [2.45, 2.75) is 25.4 Å². The Bertz CT molecular complexity index is 592. The number of nitriles is 1. The van der Waals surface area contributed by atoms with Crippen LogP contribution in [0.15, 0.2) is 28.8 Å². The standard InChI is InChI=1S/C13H12ClN3O2/c14-11-4-2-1-3-9(11)7-12-16-13(19-17-12)8-10(18)5-6-15/h1-4,10,18H,5,7-8H2. The second-order valence-corrected chi connectivity index (χ2v) is 4.50. The van der Waals surface area contributed by atoms with Crippen molar-refractivity contribution in [1.29, 1.82) is 5.26 Å². The average molecular weight is 278 g/mol. The molecule has 0 fully saturated rings. The highest BCUT2D eigenvalue weighted by molar-refractivity contribution is 6.31. The summed E-state index contributed by atoms with van der Waals surface area (Å²) >= 11 is 6.04. The summed E-state index contributed by atoms with van der Waals surface area (Å²) in [5.74, 6) is 0.831. The van der Waals surface area contributed by atoms with Gasteiger partial charge in [-0.25, -0.2) is 0 Å². The second-order valence-electron chi connectivity index (χ2n) is 4.09. The summed E-state index contributed by atoms with van der Waals surface area (Å²) in [7, 11) is 0. The lowest BCUT2D eigenvalue weighted by Gasteiger charge is -2.00. The highest BCUT2D eigenvalue weighted by atomic mass is 35.5. The lowest BCUT2D eigenvalue weighted by molar-refractivity contribution is 0.167. The number of benzene rings is 1. The van der Waals surface area contributed by atoms with Crippen molar-refractivity contribution in [3.05, 3.63) is 46.6 Å². The van der Waals surface area contributed by atoms with E-state index >= 15 is 0 Å². The zero-order valence-corrected chi connectivity index (χ0v) is 10.8. The third kappa shape index (κ3) is 3.78. The van der Waals surface area contributed by atoms with Crippen LogP contribution < -0.4 is 0 Å². The normalized spacial score (nSPS) is 12.1. The molecule has 0 bridgehead atoms. The van der Waals surface area contributed by atoms with Gasteiger partial charge in [-0.3, -0.25) is 0 Å². The van der Waals surface area contributed by atoms with Crippen molar-refractivity contribution in [1.82, 2.24) is 10.1 Å². The van der Waals surface area contributed by atoms with Crippen LogP contribution in [-0.4, -0.2) is 21.4 Å². The van der Waals surface area contributed by atoms with E-state index in [1.807, 2.05) is 24.3 Å². The van der Waals surface area contributed by atoms with Gasteiger partial charge in [-0.2, -0.15) is 10.2 Å². The van der Waals surface area contributed by atoms with Gasteiger partial charge in [0, 0.05) is 11.4 Å². The SMILES string of the molecule is N#CCC(O)Cc1nc(Cc2ccccc2Cl)no1. The van der Waals surface area contributed by atoms with E-state index in [2.05, 4.69) is 10.1 Å². The molecule has 0 spiro atoms. The van der Waals surface area contributed by atoms with Crippen molar-refractivity contribution in [2.75, 3.05) is 0 Å². The summed E-state index contributed by atoms with van der Waals surface area (Å²) < 4.78 is 5.02. The van der Waals surface area contributed by atoms with Gasteiger partial charge in [-0.05, 0) is 11.6 Å². The Labute approximate surface area is 115 Å². The van der Waals surface area contributed by atoms with Crippen LogP contribution in [0.3, 0.4) is 0 Å². The monoisotopic (exact) mass is 277 g/mol. The molecular weight excluding hydrogens is 266 g/mol. The molecule has 0 saturated carbocycles. The number of nitrogens with zero attached hydrogens (tertiary/aromatic N) is 3. The molecular formula is C13H12ClN3O2. The number of rotatable bonds is 5. The first kappa shape index (κ1) is 13.5. The predicted molar refractivity (Wildman–Crippen MR) is 68.5 cm³/mol. The number of hydrogen-bond acceptors (Lipinski definition) is 5. The van der Waals surface area contributed by atoms with Crippen LogP contribution >= 0.6 is 11.6 Å². The highest BCUT2D eigenvalue weighted by Crippen LogP contribution is 2.17. The van der Waals surface area contributed by atoms with Crippen molar-refractivity contribution in [2.24, 2.45) is 0 Å². The summed E-state index contributed by atoms with van der Waals surface area (Å²) in [6.07, 6.45) is -0.0818. The number of aliphatic hydroxyl groups is 1. The Kier molecular flexibility index (Phi) is 4.50. The lowest BCUT2D eigenvalue weighted by Crippen LogP contribution is -2.09. The Hall–Kier alpha value is -1.90. The molecule has 2 rings (SSSR count). The van der Waals surface area contributed by atoms with Gasteiger partial charge in [-0.1, -0.05) is 35.0 Å². The van der Waals surface area contributed by atoms with Gasteiger partial charge in [0.2, 0.25) is 5.89 Å². The van der Waals surface area contributed by atoms with Crippen molar-refractivity contribution >= 4 is 11.6 Å². The van der Waals surface area contributed by atoms with Gasteiger partial charge in [0.1, 0.15) is 0 Å². The molecule has 1 atom stereocenters. The summed E-state index contributed by atoms with van der Waals surface area (Å²) in [5, 5.41) is 22.4. The molecule has 19 heavy (non-hydrogen) atoms. The van der Waals surface area contributed by atoms with E-state index in [0.29, 0.717) is 23.2 Å². The summed E-state index contributed by atoms with van der Waals surface area (Å²) in [6, 6.07) is 9.32. The minimum absolute atomic E-state index is 0.0439. The van der Waals surface area contributed by atoms with E-state index in [1.165, 1.54) is 0 Å². The van der Waals surface area contributed by atoms with Gasteiger partial charge in [0.15, 0.2) is 5.82 Å². The Morgan fingerprint density at radius 2 is 2.21 bits per heavy atom. The lowest BCUT2D eigenvalue weighted by atomic mass is 10.1. The predicted octanol–water partition coefficient (Wildman–Crippen LogP) is 2.13. The molecule has 0 amide bonds.